The zero-order chi connectivity index (χ0) is 16.1. The van der Waals surface area contributed by atoms with Gasteiger partial charge in [0.25, 0.3) is 0 Å². The minimum absolute atomic E-state index is 0.161. The highest BCUT2D eigenvalue weighted by atomic mass is 16.5. The number of fused-ring (bicyclic) bond motifs is 1. The van der Waals surface area contributed by atoms with Crippen LogP contribution in [0.5, 0.6) is 17.2 Å². The van der Waals surface area contributed by atoms with E-state index in [4.69, 9.17) is 14.2 Å². The van der Waals surface area contributed by atoms with E-state index < -0.39 is 0 Å². The largest absolute Gasteiger partial charge is 0.496 e. The van der Waals surface area contributed by atoms with Crippen LogP contribution >= 0.6 is 0 Å². The van der Waals surface area contributed by atoms with Crippen molar-refractivity contribution in [2.45, 2.75) is 19.3 Å². The fourth-order valence-electron chi connectivity index (χ4n) is 2.43. The summed E-state index contributed by atoms with van der Waals surface area (Å²) >= 11 is 0. The predicted molar refractivity (Wildman–Crippen MR) is 84.3 cm³/mol. The van der Waals surface area contributed by atoms with Gasteiger partial charge in [0.1, 0.15) is 17.2 Å². The first-order valence-corrected chi connectivity index (χ1v) is 6.75. The van der Waals surface area contributed by atoms with E-state index in [1.54, 1.807) is 32.4 Å². The molecule has 22 heavy (non-hydrogen) atoms. The van der Waals surface area contributed by atoms with E-state index in [0.717, 1.165) is 5.56 Å². The third-order valence-corrected chi connectivity index (χ3v) is 3.34. The maximum absolute atomic E-state index is 11.9. The number of rotatable bonds is 5. The number of carbonyl (C=O) groups is 1. The van der Waals surface area contributed by atoms with Gasteiger partial charge in [0.15, 0.2) is 0 Å². The molecular weight excluding hydrogens is 284 g/mol. The van der Waals surface area contributed by atoms with E-state index in [1.807, 2.05) is 0 Å². The molecule has 1 aromatic rings. The highest BCUT2D eigenvalue weighted by Gasteiger charge is 2.33. The Hall–Kier alpha value is -2.63. The predicted octanol–water partition coefficient (Wildman–Crippen LogP) is 2.73. The second-order valence-electron chi connectivity index (χ2n) is 4.60. The normalized spacial score (nSPS) is 17.9. The molecule has 116 valence electrons. The molecule has 1 aliphatic heterocycles. The first-order chi connectivity index (χ1) is 10.6. The van der Waals surface area contributed by atoms with Crippen LogP contribution in [0.2, 0.25) is 0 Å². The Morgan fingerprint density at radius 1 is 1.41 bits per heavy atom. The molecule has 1 atom stereocenters. The van der Waals surface area contributed by atoms with E-state index >= 15 is 0 Å². The van der Waals surface area contributed by atoms with Gasteiger partial charge in [-0.05, 0) is 13.6 Å². The fourth-order valence-corrected chi connectivity index (χ4v) is 2.43. The van der Waals surface area contributed by atoms with Crippen LogP contribution in [0.3, 0.4) is 0 Å². The molecule has 0 N–H and O–H groups in total. The van der Waals surface area contributed by atoms with Crippen LogP contribution in [0.1, 0.15) is 24.8 Å². The number of hydrogen-bond donors (Lipinski definition) is 0. The smallest absolute Gasteiger partial charge is 0.312 e. The van der Waals surface area contributed by atoms with Gasteiger partial charge in [0.2, 0.25) is 0 Å². The summed E-state index contributed by atoms with van der Waals surface area (Å²) in [5, 5.41) is 0. The molecular formula is C16H18N2O4. The monoisotopic (exact) mass is 302 g/mol. The van der Waals surface area contributed by atoms with Crippen molar-refractivity contribution in [1.82, 2.24) is 0 Å². The first-order valence-electron chi connectivity index (χ1n) is 6.75. The number of nitrogens with zero attached hydrogens (tertiary/aromatic N) is 2. The molecule has 1 aliphatic rings. The van der Waals surface area contributed by atoms with Crippen LogP contribution in [0.25, 0.3) is 0 Å². The minimum atomic E-state index is -0.339. The van der Waals surface area contributed by atoms with Crippen molar-refractivity contribution in [3.8, 4) is 17.2 Å². The Kier molecular flexibility index (Phi) is 4.93. The summed E-state index contributed by atoms with van der Waals surface area (Å²) in [6, 6.07) is 3.41. The molecule has 2 rings (SSSR count). The van der Waals surface area contributed by atoms with E-state index in [9.17, 15) is 4.79 Å². The minimum Gasteiger partial charge on any atom is -0.496 e. The summed E-state index contributed by atoms with van der Waals surface area (Å²) < 4.78 is 16.0. The van der Waals surface area contributed by atoms with Gasteiger partial charge in [-0.25, -0.2) is 0 Å². The Labute approximate surface area is 129 Å². The first kappa shape index (κ1) is 15.8. The van der Waals surface area contributed by atoms with Gasteiger partial charge in [-0.15, -0.1) is 0 Å². The van der Waals surface area contributed by atoms with E-state index in [0.29, 0.717) is 22.9 Å². The van der Waals surface area contributed by atoms with Crippen LogP contribution in [-0.4, -0.2) is 33.1 Å². The fraction of sp³-hybridized carbons (Fsp3) is 0.312. The lowest BCUT2D eigenvalue weighted by Gasteiger charge is -2.26. The Morgan fingerprint density at radius 3 is 2.77 bits per heavy atom. The van der Waals surface area contributed by atoms with Gasteiger partial charge in [-0.2, -0.15) is 0 Å². The SMILES string of the molecule is C=N/C=C(\N=CC)C1CC(=O)Oc2cc(OC)cc(OC)c21. The summed E-state index contributed by atoms with van der Waals surface area (Å²) in [6.45, 7) is 5.25. The molecule has 1 heterocycles. The lowest BCUT2D eigenvalue weighted by molar-refractivity contribution is -0.135. The quantitative estimate of drug-likeness (QED) is 0.476. The Morgan fingerprint density at radius 2 is 2.18 bits per heavy atom. The standard InChI is InChI=1S/C16H18N2O4/c1-5-18-12(9-17-2)11-8-15(19)22-14-7-10(20-3)6-13(21-4)16(11)14/h5-7,9,11H,2,8H2,1,3-4H3/b12-9-,18-5?. The molecule has 0 saturated heterocycles. The molecule has 0 bridgehead atoms. The van der Waals surface area contributed by atoms with Gasteiger partial charge < -0.3 is 14.2 Å². The Balaban J connectivity index is 2.63. The van der Waals surface area contributed by atoms with Crippen molar-refractivity contribution in [3.05, 3.63) is 29.6 Å². The number of ether oxygens (including phenoxy) is 3. The average Bonchev–Trinajstić information content (AvgIpc) is 2.52. The number of carbonyl (C=O) groups excluding carboxylic acids is 1. The van der Waals surface area contributed by atoms with Crippen LogP contribution in [0.15, 0.2) is 34.0 Å². The van der Waals surface area contributed by atoms with Crippen molar-refractivity contribution in [1.29, 1.82) is 0 Å². The molecule has 0 amide bonds. The van der Waals surface area contributed by atoms with Crippen molar-refractivity contribution >= 4 is 18.9 Å². The van der Waals surface area contributed by atoms with Gasteiger partial charge in [0, 0.05) is 36.0 Å². The van der Waals surface area contributed by atoms with E-state index in [2.05, 4.69) is 16.7 Å². The molecule has 0 fully saturated rings. The van der Waals surface area contributed by atoms with E-state index in [1.165, 1.54) is 13.3 Å². The highest BCUT2D eigenvalue weighted by molar-refractivity contribution is 5.79. The Bertz CT molecular complexity index is 650. The van der Waals surface area contributed by atoms with Crippen molar-refractivity contribution < 1.29 is 19.0 Å². The molecule has 0 aromatic heterocycles. The van der Waals surface area contributed by atoms with Gasteiger partial charge in [0.05, 0.1) is 26.3 Å². The third kappa shape index (κ3) is 3.00. The van der Waals surface area contributed by atoms with Crippen LogP contribution in [0, 0.1) is 0 Å². The summed E-state index contributed by atoms with van der Waals surface area (Å²) in [6.07, 6.45) is 3.34. The number of esters is 1. The number of allylic oxidation sites excluding steroid dienone is 1. The van der Waals surface area contributed by atoms with Crippen LogP contribution in [-0.2, 0) is 4.79 Å². The molecule has 6 nitrogen and oxygen atoms in total. The number of methoxy groups -OCH3 is 2. The van der Waals surface area contributed by atoms with Gasteiger partial charge in [-0.3, -0.25) is 14.8 Å². The van der Waals surface area contributed by atoms with Gasteiger partial charge in [-0.1, -0.05) is 0 Å². The van der Waals surface area contributed by atoms with Gasteiger partial charge >= 0.3 is 5.97 Å². The summed E-state index contributed by atoms with van der Waals surface area (Å²) in [7, 11) is 3.10. The second kappa shape index (κ2) is 6.89. The maximum atomic E-state index is 11.9. The molecule has 0 aliphatic carbocycles. The maximum Gasteiger partial charge on any atom is 0.312 e. The molecule has 6 heteroatoms. The van der Waals surface area contributed by atoms with E-state index in [-0.39, 0.29) is 18.3 Å². The molecule has 1 aromatic carbocycles. The van der Waals surface area contributed by atoms with Crippen molar-refractivity contribution in [2.75, 3.05) is 14.2 Å². The number of benzene rings is 1. The average molecular weight is 302 g/mol. The summed E-state index contributed by atoms with van der Waals surface area (Å²) in [5.41, 5.74) is 1.38. The lowest BCUT2D eigenvalue weighted by atomic mass is 9.89. The number of aliphatic imine (C=N–C) groups is 2. The summed E-state index contributed by atoms with van der Waals surface area (Å²) in [5.74, 6) is 0.898. The van der Waals surface area contributed by atoms with Crippen molar-refractivity contribution in [2.24, 2.45) is 9.98 Å². The molecule has 0 saturated carbocycles. The molecule has 0 radical (unpaired) electrons. The molecule has 1 unspecified atom stereocenters. The topological polar surface area (TPSA) is 69.5 Å². The summed E-state index contributed by atoms with van der Waals surface area (Å²) in [4.78, 5) is 20.0. The number of hydrogen-bond acceptors (Lipinski definition) is 6. The van der Waals surface area contributed by atoms with Crippen molar-refractivity contribution in [3.63, 3.8) is 0 Å². The third-order valence-electron chi connectivity index (χ3n) is 3.34. The zero-order valence-electron chi connectivity index (χ0n) is 12.8. The lowest BCUT2D eigenvalue weighted by Crippen LogP contribution is -2.22. The second-order valence-corrected chi connectivity index (χ2v) is 4.60. The zero-order valence-corrected chi connectivity index (χ0v) is 12.8. The van der Waals surface area contributed by atoms with Crippen LogP contribution < -0.4 is 14.2 Å². The highest BCUT2D eigenvalue weighted by Crippen LogP contribution is 2.46. The molecule has 0 spiro atoms. The van der Waals surface area contributed by atoms with Crippen LogP contribution in [0.4, 0.5) is 0 Å².